The maximum atomic E-state index is 9.36. The SMILES string of the molecule is Cc1nc2nonc2c(N)c1Cc1cc(C#N)c(C2CC2)cn1. The highest BCUT2D eigenvalue weighted by atomic mass is 16.6. The van der Waals surface area contributed by atoms with Crippen molar-refractivity contribution in [2.45, 2.75) is 32.1 Å². The molecule has 0 saturated heterocycles. The number of nitrogens with zero attached hydrogens (tertiary/aromatic N) is 5. The van der Waals surface area contributed by atoms with Crippen LogP contribution in [0.25, 0.3) is 11.2 Å². The molecule has 0 unspecified atom stereocenters. The molecule has 114 valence electrons. The van der Waals surface area contributed by atoms with E-state index in [0.29, 0.717) is 34.8 Å². The number of nitrogens with two attached hydrogens (primary N) is 1. The molecule has 23 heavy (non-hydrogen) atoms. The Balaban J connectivity index is 1.74. The van der Waals surface area contributed by atoms with Crippen molar-refractivity contribution in [1.82, 2.24) is 20.3 Å². The highest BCUT2D eigenvalue weighted by molar-refractivity contribution is 5.85. The first-order valence-electron chi connectivity index (χ1n) is 7.43. The third-order valence-electron chi connectivity index (χ3n) is 4.25. The molecule has 0 aromatic carbocycles. The zero-order valence-electron chi connectivity index (χ0n) is 12.6. The number of rotatable bonds is 3. The molecule has 2 N–H and O–H groups in total. The molecule has 7 nitrogen and oxygen atoms in total. The van der Waals surface area contributed by atoms with E-state index in [4.69, 9.17) is 10.4 Å². The van der Waals surface area contributed by atoms with Crippen molar-refractivity contribution in [1.29, 1.82) is 5.26 Å². The van der Waals surface area contributed by atoms with Crippen molar-refractivity contribution in [2.24, 2.45) is 0 Å². The number of nitriles is 1. The average molecular weight is 306 g/mol. The highest BCUT2D eigenvalue weighted by Gasteiger charge is 2.27. The molecule has 1 aliphatic carbocycles. The summed E-state index contributed by atoms with van der Waals surface area (Å²) in [5, 5.41) is 16.9. The number of hydrogen-bond acceptors (Lipinski definition) is 7. The van der Waals surface area contributed by atoms with Crippen LogP contribution >= 0.6 is 0 Å². The second-order valence-electron chi connectivity index (χ2n) is 5.85. The lowest BCUT2D eigenvalue weighted by molar-refractivity contribution is 0.315. The Bertz CT molecular complexity index is 951. The number of aromatic nitrogens is 4. The first-order chi connectivity index (χ1) is 11.2. The summed E-state index contributed by atoms with van der Waals surface area (Å²) in [5.74, 6) is 0.497. The Morgan fingerprint density at radius 1 is 1.39 bits per heavy atom. The smallest absolute Gasteiger partial charge is 0.226 e. The monoisotopic (exact) mass is 306 g/mol. The molecule has 1 aliphatic rings. The lowest BCUT2D eigenvalue weighted by Gasteiger charge is -2.09. The Hall–Kier alpha value is -3.01. The van der Waals surface area contributed by atoms with Gasteiger partial charge in [0, 0.05) is 29.6 Å². The summed E-state index contributed by atoms with van der Waals surface area (Å²) in [7, 11) is 0. The molecule has 0 spiro atoms. The molecule has 3 aromatic heterocycles. The number of nitrogen functional groups attached to an aromatic ring is 1. The third-order valence-corrected chi connectivity index (χ3v) is 4.25. The lowest BCUT2D eigenvalue weighted by atomic mass is 10.0. The largest absolute Gasteiger partial charge is 0.396 e. The van der Waals surface area contributed by atoms with Crippen molar-refractivity contribution in [2.75, 3.05) is 5.73 Å². The van der Waals surface area contributed by atoms with Gasteiger partial charge in [0.05, 0.1) is 17.3 Å². The first-order valence-corrected chi connectivity index (χ1v) is 7.43. The minimum atomic E-state index is 0.401. The molecule has 0 atom stereocenters. The van der Waals surface area contributed by atoms with Crippen LogP contribution in [-0.4, -0.2) is 20.3 Å². The van der Waals surface area contributed by atoms with Gasteiger partial charge in [0.1, 0.15) is 0 Å². The van der Waals surface area contributed by atoms with Gasteiger partial charge < -0.3 is 5.73 Å². The molecular weight excluding hydrogens is 292 g/mol. The molecule has 0 radical (unpaired) electrons. The molecule has 1 saturated carbocycles. The number of hydrogen-bond donors (Lipinski definition) is 1. The summed E-state index contributed by atoms with van der Waals surface area (Å²) in [4.78, 5) is 8.85. The Morgan fingerprint density at radius 3 is 2.96 bits per heavy atom. The van der Waals surface area contributed by atoms with Crippen LogP contribution in [0.1, 0.15) is 46.8 Å². The van der Waals surface area contributed by atoms with E-state index in [0.717, 1.165) is 35.4 Å². The minimum Gasteiger partial charge on any atom is -0.396 e. The predicted molar refractivity (Wildman–Crippen MR) is 82.5 cm³/mol. The average Bonchev–Trinajstić information content (AvgIpc) is 3.29. The van der Waals surface area contributed by atoms with Gasteiger partial charge in [-0.15, -0.1) is 0 Å². The maximum Gasteiger partial charge on any atom is 0.226 e. The Morgan fingerprint density at radius 2 is 2.22 bits per heavy atom. The van der Waals surface area contributed by atoms with Gasteiger partial charge in [0.25, 0.3) is 0 Å². The highest BCUT2D eigenvalue weighted by Crippen LogP contribution is 2.41. The van der Waals surface area contributed by atoms with Gasteiger partial charge in [0.2, 0.25) is 5.65 Å². The van der Waals surface area contributed by atoms with Gasteiger partial charge in [-0.2, -0.15) is 5.26 Å². The topological polar surface area (TPSA) is 115 Å². The van der Waals surface area contributed by atoms with Crippen LogP contribution in [0.2, 0.25) is 0 Å². The van der Waals surface area contributed by atoms with Crippen molar-refractivity contribution < 1.29 is 4.63 Å². The lowest BCUT2D eigenvalue weighted by Crippen LogP contribution is -2.04. The summed E-state index contributed by atoms with van der Waals surface area (Å²) >= 11 is 0. The molecule has 0 aliphatic heterocycles. The van der Waals surface area contributed by atoms with Crippen LogP contribution in [0, 0.1) is 18.3 Å². The number of fused-ring (bicyclic) bond motifs is 1. The van der Waals surface area contributed by atoms with Crippen LogP contribution in [-0.2, 0) is 6.42 Å². The summed E-state index contributed by atoms with van der Waals surface area (Å²) in [6.45, 7) is 1.86. The zero-order valence-corrected chi connectivity index (χ0v) is 12.6. The summed E-state index contributed by atoms with van der Waals surface area (Å²) in [6, 6.07) is 4.12. The van der Waals surface area contributed by atoms with E-state index in [1.165, 1.54) is 0 Å². The van der Waals surface area contributed by atoms with E-state index in [2.05, 4.69) is 26.4 Å². The summed E-state index contributed by atoms with van der Waals surface area (Å²) in [6.07, 6.45) is 4.59. The number of pyridine rings is 2. The quantitative estimate of drug-likeness (QED) is 0.789. The third kappa shape index (κ3) is 2.28. The zero-order chi connectivity index (χ0) is 16.0. The molecule has 7 heteroatoms. The fraction of sp³-hybridized carbons (Fsp3) is 0.312. The fourth-order valence-corrected chi connectivity index (χ4v) is 2.82. The first kappa shape index (κ1) is 13.6. The number of anilines is 1. The van der Waals surface area contributed by atoms with Gasteiger partial charge >= 0.3 is 0 Å². The van der Waals surface area contributed by atoms with E-state index in [1.807, 2.05) is 19.2 Å². The van der Waals surface area contributed by atoms with Crippen LogP contribution in [0.4, 0.5) is 5.69 Å². The number of aryl methyl sites for hydroxylation is 1. The molecular formula is C16H14N6O. The van der Waals surface area contributed by atoms with Crippen molar-refractivity contribution >= 4 is 16.9 Å². The normalized spacial score (nSPS) is 14.1. The minimum absolute atomic E-state index is 0.401. The molecule has 3 aromatic rings. The second kappa shape index (κ2) is 5.02. The van der Waals surface area contributed by atoms with Crippen molar-refractivity contribution in [3.63, 3.8) is 0 Å². The van der Waals surface area contributed by atoms with Gasteiger partial charge in [-0.05, 0) is 47.6 Å². The Kier molecular flexibility index (Phi) is 2.98. The van der Waals surface area contributed by atoms with E-state index in [9.17, 15) is 5.26 Å². The van der Waals surface area contributed by atoms with E-state index >= 15 is 0 Å². The summed E-state index contributed by atoms with van der Waals surface area (Å²) in [5.41, 5.74) is 11.7. The van der Waals surface area contributed by atoms with E-state index < -0.39 is 0 Å². The van der Waals surface area contributed by atoms with Crippen molar-refractivity contribution in [3.8, 4) is 6.07 Å². The Labute approximate surface area is 132 Å². The van der Waals surface area contributed by atoms with Crippen molar-refractivity contribution in [3.05, 3.63) is 40.3 Å². The fourth-order valence-electron chi connectivity index (χ4n) is 2.82. The standard InChI is InChI=1S/C16H14N6O/c1-8-12(14(18)15-16(20-8)22-23-21-15)5-11-4-10(6-17)13(7-19-11)9-2-3-9/h4,7,9H,2-3,5,18H2,1H3. The maximum absolute atomic E-state index is 9.36. The van der Waals surface area contributed by atoms with Gasteiger partial charge in [0.15, 0.2) is 5.52 Å². The van der Waals surface area contributed by atoms with E-state index in [1.54, 1.807) is 0 Å². The predicted octanol–water partition coefficient (Wildman–Crippen LogP) is 2.24. The molecule has 4 rings (SSSR count). The van der Waals surface area contributed by atoms with Crippen LogP contribution in [0.5, 0.6) is 0 Å². The molecule has 0 amide bonds. The van der Waals surface area contributed by atoms with Gasteiger partial charge in [-0.25, -0.2) is 9.61 Å². The van der Waals surface area contributed by atoms with Gasteiger partial charge in [-0.1, -0.05) is 0 Å². The molecule has 0 bridgehead atoms. The summed E-state index contributed by atoms with van der Waals surface area (Å²) < 4.78 is 4.69. The van der Waals surface area contributed by atoms with Crippen LogP contribution in [0.3, 0.4) is 0 Å². The van der Waals surface area contributed by atoms with Crippen LogP contribution < -0.4 is 5.73 Å². The van der Waals surface area contributed by atoms with Gasteiger partial charge in [-0.3, -0.25) is 4.98 Å². The molecule has 1 fully saturated rings. The second-order valence-corrected chi connectivity index (χ2v) is 5.85. The van der Waals surface area contributed by atoms with Crippen LogP contribution in [0.15, 0.2) is 16.9 Å². The van der Waals surface area contributed by atoms with E-state index in [-0.39, 0.29) is 0 Å². The molecule has 3 heterocycles.